The van der Waals surface area contributed by atoms with Crippen molar-refractivity contribution in [3.8, 4) is 0 Å². The lowest BCUT2D eigenvalue weighted by Gasteiger charge is -2.13. The summed E-state index contributed by atoms with van der Waals surface area (Å²) in [6.07, 6.45) is 3.67. The van der Waals surface area contributed by atoms with Gasteiger partial charge in [-0.25, -0.2) is 0 Å². The summed E-state index contributed by atoms with van der Waals surface area (Å²) in [4.78, 5) is 34.8. The summed E-state index contributed by atoms with van der Waals surface area (Å²) >= 11 is 0. The zero-order chi connectivity index (χ0) is 16.4. The molecule has 1 saturated carbocycles. The van der Waals surface area contributed by atoms with Gasteiger partial charge in [0.25, 0.3) is 0 Å². The minimum atomic E-state index is -0.818. The second-order valence-electron chi connectivity index (χ2n) is 6.31. The van der Waals surface area contributed by atoms with Crippen molar-refractivity contribution in [3.63, 3.8) is 0 Å². The molecule has 1 aromatic carbocycles. The molecule has 6 heteroatoms. The highest BCUT2D eigenvalue weighted by molar-refractivity contribution is 5.95. The third kappa shape index (κ3) is 3.52. The molecule has 1 aromatic rings. The van der Waals surface area contributed by atoms with Crippen LogP contribution >= 0.6 is 0 Å². The molecule has 0 saturated heterocycles. The molecule has 122 valence electrons. The number of aryl methyl sites for hydroxylation is 1. The van der Waals surface area contributed by atoms with Crippen LogP contribution in [0.25, 0.3) is 0 Å². The van der Waals surface area contributed by atoms with Crippen LogP contribution < -0.4 is 10.6 Å². The maximum absolute atomic E-state index is 12.3. The standard InChI is InChI=1S/C17H20N2O4/c20-15-3-1-2-10-9-13(6-7-14(10)19-15)18-16(21)11-4-5-12(8-11)17(22)23/h6-7,9,11-12H,1-5,8H2,(H,18,21)(H,19,20)(H,22,23)/t11-,12+/m0/s1. The highest BCUT2D eigenvalue weighted by Crippen LogP contribution is 2.32. The first-order valence-electron chi connectivity index (χ1n) is 7.99. The Bertz CT molecular complexity index is 656. The van der Waals surface area contributed by atoms with Crippen LogP contribution in [0.3, 0.4) is 0 Å². The van der Waals surface area contributed by atoms with Crippen LogP contribution in [-0.4, -0.2) is 22.9 Å². The number of hydrogen-bond acceptors (Lipinski definition) is 3. The predicted molar refractivity (Wildman–Crippen MR) is 85.1 cm³/mol. The van der Waals surface area contributed by atoms with E-state index < -0.39 is 11.9 Å². The Hall–Kier alpha value is -2.37. The number of anilines is 2. The molecule has 0 radical (unpaired) electrons. The molecule has 23 heavy (non-hydrogen) atoms. The van der Waals surface area contributed by atoms with Gasteiger partial charge >= 0.3 is 5.97 Å². The normalized spacial score (nSPS) is 23.6. The number of carbonyl (C=O) groups is 3. The molecule has 0 unspecified atom stereocenters. The molecule has 3 N–H and O–H groups in total. The molecule has 1 fully saturated rings. The Morgan fingerprint density at radius 2 is 1.96 bits per heavy atom. The van der Waals surface area contributed by atoms with Crippen LogP contribution in [0.1, 0.15) is 37.7 Å². The van der Waals surface area contributed by atoms with Gasteiger partial charge in [-0.05, 0) is 55.9 Å². The molecular formula is C17H20N2O4. The minimum Gasteiger partial charge on any atom is -0.481 e. The van der Waals surface area contributed by atoms with Crippen molar-refractivity contribution in [1.29, 1.82) is 0 Å². The number of fused-ring (bicyclic) bond motifs is 1. The highest BCUT2D eigenvalue weighted by atomic mass is 16.4. The van der Waals surface area contributed by atoms with Crippen molar-refractivity contribution >= 4 is 29.2 Å². The summed E-state index contributed by atoms with van der Waals surface area (Å²) in [5.41, 5.74) is 2.52. The van der Waals surface area contributed by atoms with Crippen molar-refractivity contribution in [2.24, 2.45) is 11.8 Å². The van der Waals surface area contributed by atoms with Crippen molar-refractivity contribution < 1.29 is 19.5 Å². The molecule has 0 aromatic heterocycles. The lowest BCUT2D eigenvalue weighted by molar-refractivity contribution is -0.141. The first-order valence-corrected chi connectivity index (χ1v) is 7.99. The van der Waals surface area contributed by atoms with Gasteiger partial charge in [0, 0.05) is 23.7 Å². The van der Waals surface area contributed by atoms with E-state index in [1.807, 2.05) is 12.1 Å². The van der Waals surface area contributed by atoms with Gasteiger partial charge in [-0.3, -0.25) is 14.4 Å². The Morgan fingerprint density at radius 1 is 1.17 bits per heavy atom. The Morgan fingerprint density at radius 3 is 2.70 bits per heavy atom. The molecule has 2 aliphatic rings. The molecule has 1 heterocycles. The van der Waals surface area contributed by atoms with Crippen LogP contribution in [0.4, 0.5) is 11.4 Å². The topological polar surface area (TPSA) is 95.5 Å². The van der Waals surface area contributed by atoms with E-state index in [2.05, 4.69) is 10.6 Å². The maximum Gasteiger partial charge on any atom is 0.306 e. The molecule has 1 aliphatic heterocycles. The number of carbonyl (C=O) groups excluding carboxylic acids is 2. The van der Waals surface area contributed by atoms with E-state index >= 15 is 0 Å². The zero-order valence-electron chi connectivity index (χ0n) is 12.8. The van der Waals surface area contributed by atoms with E-state index in [9.17, 15) is 14.4 Å². The molecule has 6 nitrogen and oxygen atoms in total. The van der Waals surface area contributed by atoms with Crippen LogP contribution in [0.5, 0.6) is 0 Å². The number of rotatable bonds is 3. The summed E-state index contributed by atoms with van der Waals surface area (Å²) < 4.78 is 0. The average molecular weight is 316 g/mol. The Balaban J connectivity index is 1.67. The minimum absolute atomic E-state index is 0.0196. The van der Waals surface area contributed by atoms with E-state index in [0.29, 0.717) is 31.4 Å². The van der Waals surface area contributed by atoms with Crippen molar-refractivity contribution in [3.05, 3.63) is 23.8 Å². The monoisotopic (exact) mass is 316 g/mol. The smallest absolute Gasteiger partial charge is 0.306 e. The van der Waals surface area contributed by atoms with E-state index in [-0.39, 0.29) is 17.7 Å². The Labute approximate surface area is 134 Å². The second-order valence-corrected chi connectivity index (χ2v) is 6.31. The highest BCUT2D eigenvalue weighted by Gasteiger charge is 2.33. The molecule has 2 amide bonds. The van der Waals surface area contributed by atoms with Crippen molar-refractivity contribution in [1.82, 2.24) is 0 Å². The van der Waals surface area contributed by atoms with Gasteiger partial charge in [0.1, 0.15) is 0 Å². The average Bonchev–Trinajstić information content (AvgIpc) is 2.93. The SMILES string of the molecule is O=C1CCCc2cc(NC(=O)[C@H]3CC[C@@H](C(=O)O)C3)ccc2N1. The lowest BCUT2D eigenvalue weighted by Crippen LogP contribution is -2.21. The van der Waals surface area contributed by atoms with Crippen LogP contribution in [0.15, 0.2) is 18.2 Å². The van der Waals surface area contributed by atoms with E-state index in [0.717, 1.165) is 24.1 Å². The summed E-state index contributed by atoms with van der Waals surface area (Å²) in [6, 6.07) is 5.47. The summed E-state index contributed by atoms with van der Waals surface area (Å²) in [7, 11) is 0. The van der Waals surface area contributed by atoms with E-state index in [1.54, 1.807) is 6.07 Å². The predicted octanol–water partition coefficient (Wildman–Crippen LogP) is 2.40. The molecule has 1 aliphatic carbocycles. The zero-order valence-corrected chi connectivity index (χ0v) is 12.8. The van der Waals surface area contributed by atoms with Crippen LogP contribution in [0.2, 0.25) is 0 Å². The summed E-state index contributed by atoms with van der Waals surface area (Å²) in [5.74, 6) is -1.57. The first-order chi connectivity index (χ1) is 11.0. The molecule has 0 bridgehead atoms. The van der Waals surface area contributed by atoms with E-state index in [1.165, 1.54) is 0 Å². The third-order valence-electron chi connectivity index (χ3n) is 4.65. The van der Waals surface area contributed by atoms with Crippen LogP contribution in [0, 0.1) is 11.8 Å². The molecule has 0 spiro atoms. The largest absolute Gasteiger partial charge is 0.481 e. The second kappa shape index (κ2) is 6.40. The fraction of sp³-hybridized carbons (Fsp3) is 0.471. The van der Waals surface area contributed by atoms with Gasteiger partial charge in [0.15, 0.2) is 0 Å². The van der Waals surface area contributed by atoms with Gasteiger partial charge in [-0.15, -0.1) is 0 Å². The van der Waals surface area contributed by atoms with Crippen LogP contribution in [-0.2, 0) is 20.8 Å². The van der Waals surface area contributed by atoms with E-state index in [4.69, 9.17) is 5.11 Å². The number of carboxylic acid groups (broad SMARTS) is 1. The van der Waals surface area contributed by atoms with Gasteiger partial charge in [0.2, 0.25) is 11.8 Å². The number of amides is 2. The third-order valence-corrected chi connectivity index (χ3v) is 4.65. The molecule has 3 rings (SSSR count). The maximum atomic E-state index is 12.3. The lowest BCUT2D eigenvalue weighted by atomic mass is 10.0. The van der Waals surface area contributed by atoms with Gasteiger partial charge < -0.3 is 15.7 Å². The van der Waals surface area contributed by atoms with Crippen molar-refractivity contribution in [2.45, 2.75) is 38.5 Å². The summed E-state index contributed by atoms with van der Waals surface area (Å²) in [6.45, 7) is 0. The van der Waals surface area contributed by atoms with Crippen molar-refractivity contribution in [2.75, 3.05) is 10.6 Å². The summed E-state index contributed by atoms with van der Waals surface area (Å²) in [5, 5.41) is 14.8. The number of hydrogen-bond donors (Lipinski definition) is 3. The number of aliphatic carboxylic acids is 1. The van der Waals surface area contributed by atoms with Gasteiger partial charge in [-0.2, -0.15) is 0 Å². The fourth-order valence-corrected chi connectivity index (χ4v) is 3.34. The first kappa shape index (κ1) is 15.5. The quantitative estimate of drug-likeness (QED) is 0.798. The van der Waals surface area contributed by atoms with Gasteiger partial charge in [0.05, 0.1) is 5.92 Å². The number of benzene rings is 1. The molecular weight excluding hydrogens is 296 g/mol. The number of carboxylic acids is 1. The molecule has 2 atom stereocenters. The Kier molecular flexibility index (Phi) is 4.32. The van der Waals surface area contributed by atoms with Gasteiger partial charge in [-0.1, -0.05) is 0 Å². The fourth-order valence-electron chi connectivity index (χ4n) is 3.34. The number of nitrogens with one attached hydrogen (secondary N) is 2.